The van der Waals surface area contributed by atoms with E-state index in [0.717, 1.165) is 44.8 Å². The van der Waals surface area contributed by atoms with Gasteiger partial charge in [-0.25, -0.2) is 4.98 Å². The maximum Gasteiger partial charge on any atom is 0.185 e. The summed E-state index contributed by atoms with van der Waals surface area (Å²) in [6.45, 7) is 9.57. The number of hydrogen-bond acceptors (Lipinski definition) is 5. The lowest BCUT2D eigenvalue weighted by Gasteiger charge is -2.39. The standard InChI is InChI=1S/C13H24N4S/c1-3-12(4-5-14)16-6-8-17(9-7-16)13-15-11(2)10-18-13/h10,12H,3-9,14H2,1-2H3. The minimum Gasteiger partial charge on any atom is -0.346 e. The predicted octanol–water partition coefficient (Wildman–Crippen LogP) is 1.70. The van der Waals surface area contributed by atoms with Crippen molar-refractivity contribution >= 4 is 16.5 Å². The van der Waals surface area contributed by atoms with Crippen LogP contribution in [0, 0.1) is 6.92 Å². The van der Waals surface area contributed by atoms with Gasteiger partial charge in [0, 0.05) is 37.6 Å². The van der Waals surface area contributed by atoms with Crippen LogP contribution in [0.4, 0.5) is 5.13 Å². The van der Waals surface area contributed by atoms with Gasteiger partial charge in [-0.1, -0.05) is 6.92 Å². The van der Waals surface area contributed by atoms with E-state index in [4.69, 9.17) is 5.73 Å². The maximum atomic E-state index is 5.69. The number of aryl methyl sites for hydroxylation is 1. The fourth-order valence-electron chi connectivity index (χ4n) is 2.60. The minimum atomic E-state index is 0.662. The number of rotatable bonds is 5. The van der Waals surface area contributed by atoms with Crippen LogP contribution in [0.5, 0.6) is 0 Å². The first-order chi connectivity index (χ1) is 8.74. The number of piperazine rings is 1. The first-order valence-electron chi connectivity index (χ1n) is 6.85. The Morgan fingerprint density at radius 2 is 2.11 bits per heavy atom. The highest BCUT2D eigenvalue weighted by atomic mass is 32.1. The molecule has 1 aliphatic heterocycles. The molecule has 0 amide bonds. The lowest BCUT2D eigenvalue weighted by atomic mass is 10.1. The molecule has 2 heterocycles. The Balaban J connectivity index is 1.87. The minimum absolute atomic E-state index is 0.662. The molecule has 2 N–H and O–H groups in total. The molecule has 102 valence electrons. The summed E-state index contributed by atoms with van der Waals surface area (Å²) in [4.78, 5) is 9.56. The van der Waals surface area contributed by atoms with Crippen molar-refractivity contribution in [2.24, 2.45) is 5.73 Å². The lowest BCUT2D eigenvalue weighted by Crippen LogP contribution is -2.50. The van der Waals surface area contributed by atoms with E-state index in [0.29, 0.717) is 6.04 Å². The molecule has 1 atom stereocenters. The Bertz CT molecular complexity index is 358. The van der Waals surface area contributed by atoms with Gasteiger partial charge in [-0.05, 0) is 26.3 Å². The summed E-state index contributed by atoms with van der Waals surface area (Å²) in [5.74, 6) is 0. The van der Waals surface area contributed by atoms with Crippen molar-refractivity contribution in [1.82, 2.24) is 9.88 Å². The van der Waals surface area contributed by atoms with Crippen LogP contribution in [0.25, 0.3) is 0 Å². The van der Waals surface area contributed by atoms with E-state index in [9.17, 15) is 0 Å². The first-order valence-corrected chi connectivity index (χ1v) is 7.73. The number of nitrogens with zero attached hydrogens (tertiary/aromatic N) is 3. The SMILES string of the molecule is CCC(CCN)N1CCN(c2nc(C)cs2)CC1. The van der Waals surface area contributed by atoms with Crippen molar-refractivity contribution in [2.75, 3.05) is 37.6 Å². The molecule has 1 aliphatic rings. The summed E-state index contributed by atoms with van der Waals surface area (Å²) in [7, 11) is 0. The number of aromatic nitrogens is 1. The van der Waals surface area contributed by atoms with Gasteiger partial charge in [0.2, 0.25) is 0 Å². The molecule has 1 saturated heterocycles. The van der Waals surface area contributed by atoms with Crippen LogP contribution < -0.4 is 10.6 Å². The van der Waals surface area contributed by atoms with E-state index in [1.807, 2.05) is 0 Å². The van der Waals surface area contributed by atoms with E-state index in [2.05, 4.69) is 34.0 Å². The molecule has 1 aromatic heterocycles. The number of nitrogens with two attached hydrogens (primary N) is 1. The van der Waals surface area contributed by atoms with Crippen molar-refractivity contribution in [3.8, 4) is 0 Å². The fourth-order valence-corrected chi connectivity index (χ4v) is 3.46. The molecule has 1 aromatic rings. The van der Waals surface area contributed by atoms with Crippen molar-refractivity contribution in [3.05, 3.63) is 11.1 Å². The Morgan fingerprint density at radius 3 is 2.61 bits per heavy atom. The molecule has 0 saturated carbocycles. The van der Waals surface area contributed by atoms with Crippen molar-refractivity contribution in [1.29, 1.82) is 0 Å². The van der Waals surface area contributed by atoms with Crippen LogP contribution in [0.15, 0.2) is 5.38 Å². The molecule has 0 bridgehead atoms. The van der Waals surface area contributed by atoms with E-state index < -0.39 is 0 Å². The molecule has 0 aromatic carbocycles. The van der Waals surface area contributed by atoms with E-state index in [1.54, 1.807) is 11.3 Å². The third-order valence-corrected chi connectivity index (χ3v) is 4.70. The number of anilines is 1. The van der Waals surface area contributed by atoms with Crippen molar-refractivity contribution in [2.45, 2.75) is 32.7 Å². The van der Waals surface area contributed by atoms with Gasteiger partial charge < -0.3 is 10.6 Å². The Hall–Kier alpha value is -0.650. The third-order valence-electron chi connectivity index (χ3n) is 3.68. The van der Waals surface area contributed by atoms with Crippen LogP contribution in [-0.2, 0) is 0 Å². The maximum absolute atomic E-state index is 5.69. The van der Waals surface area contributed by atoms with Gasteiger partial charge in [0.1, 0.15) is 0 Å². The first kappa shape index (κ1) is 13.8. The molecule has 4 nitrogen and oxygen atoms in total. The molecule has 2 rings (SSSR count). The Labute approximate surface area is 114 Å². The van der Waals surface area contributed by atoms with Crippen LogP contribution in [-0.4, -0.2) is 48.6 Å². The van der Waals surface area contributed by atoms with Gasteiger partial charge in [-0.2, -0.15) is 0 Å². The molecule has 1 unspecified atom stereocenters. The topological polar surface area (TPSA) is 45.4 Å². The zero-order chi connectivity index (χ0) is 13.0. The normalized spacial score (nSPS) is 19.2. The van der Waals surface area contributed by atoms with Crippen molar-refractivity contribution < 1.29 is 0 Å². The predicted molar refractivity (Wildman–Crippen MR) is 78.4 cm³/mol. The van der Waals surface area contributed by atoms with Crippen LogP contribution in [0.1, 0.15) is 25.5 Å². The molecule has 5 heteroatoms. The molecule has 0 radical (unpaired) electrons. The number of thiazole rings is 1. The third kappa shape index (κ3) is 3.22. The summed E-state index contributed by atoms with van der Waals surface area (Å²) in [6.07, 6.45) is 2.32. The molecule has 18 heavy (non-hydrogen) atoms. The second-order valence-corrected chi connectivity index (χ2v) is 5.77. The summed E-state index contributed by atoms with van der Waals surface area (Å²) in [5, 5.41) is 3.31. The van der Waals surface area contributed by atoms with Gasteiger partial charge in [0.25, 0.3) is 0 Å². The second kappa shape index (κ2) is 6.50. The lowest BCUT2D eigenvalue weighted by molar-refractivity contribution is 0.173. The molecule has 0 aliphatic carbocycles. The highest BCUT2D eigenvalue weighted by molar-refractivity contribution is 7.13. The van der Waals surface area contributed by atoms with Crippen LogP contribution >= 0.6 is 11.3 Å². The van der Waals surface area contributed by atoms with E-state index >= 15 is 0 Å². The van der Waals surface area contributed by atoms with Gasteiger partial charge >= 0.3 is 0 Å². The average molecular weight is 268 g/mol. The zero-order valence-electron chi connectivity index (χ0n) is 11.4. The van der Waals surface area contributed by atoms with Crippen LogP contribution in [0.2, 0.25) is 0 Å². The quantitative estimate of drug-likeness (QED) is 0.883. The molecular formula is C13H24N4S. The second-order valence-electron chi connectivity index (χ2n) is 4.93. The highest BCUT2D eigenvalue weighted by Gasteiger charge is 2.23. The highest BCUT2D eigenvalue weighted by Crippen LogP contribution is 2.22. The largest absolute Gasteiger partial charge is 0.346 e. The van der Waals surface area contributed by atoms with Gasteiger partial charge in [0.15, 0.2) is 5.13 Å². The van der Waals surface area contributed by atoms with Gasteiger partial charge in [0.05, 0.1) is 5.69 Å². The summed E-state index contributed by atoms with van der Waals surface area (Å²) in [6, 6.07) is 0.662. The smallest absolute Gasteiger partial charge is 0.185 e. The Morgan fingerprint density at radius 1 is 1.39 bits per heavy atom. The monoisotopic (exact) mass is 268 g/mol. The van der Waals surface area contributed by atoms with Crippen LogP contribution in [0.3, 0.4) is 0 Å². The number of hydrogen-bond donors (Lipinski definition) is 1. The summed E-state index contributed by atoms with van der Waals surface area (Å²) >= 11 is 1.76. The van der Waals surface area contributed by atoms with Gasteiger partial charge in [-0.15, -0.1) is 11.3 Å². The summed E-state index contributed by atoms with van der Waals surface area (Å²) in [5.41, 5.74) is 6.82. The average Bonchev–Trinajstić information content (AvgIpc) is 2.83. The molecule has 1 fully saturated rings. The summed E-state index contributed by atoms with van der Waals surface area (Å²) < 4.78 is 0. The molecule has 0 spiro atoms. The molecular weight excluding hydrogens is 244 g/mol. The van der Waals surface area contributed by atoms with E-state index in [1.165, 1.54) is 11.6 Å². The van der Waals surface area contributed by atoms with E-state index in [-0.39, 0.29) is 0 Å². The zero-order valence-corrected chi connectivity index (χ0v) is 12.2. The Kier molecular flexibility index (Phi) is 4.97. The van der Waals surface area contributed by atoms with Gasteiger partial charge in [-0.3, -0.25) is 4.90 Å². The fraction of sp³-hybridized carbons (Fsp3) is 0.769. The van der Waals surface area contributed by atoms with Crippen molar-refractivity contribution in [3.63, 3.8) is 0 Å².